The van der Waals surface area contributed by atoms with Crippen LogP contribution in [0.5, 0.6) is 0 Å². The van der Waals surface area contributed by atoms with E-state index in [1.54, 1.807) is 30.3 Å². The lowest BCUT2D eigenvalue weighted by molar-refractivity contribution is 0.103. The van der Waals surface area contributed by atoms with Gasteiger partial charge in [-0.05, 0) is 24.3 Å². The van der Waals surface area contributed by atoms with Gasteiger partial charge in [0.25, 0.3) is 5.91 Å². The Morgan fingerprint density at radius 1 is 1.06 bits per heavy atom. The van der Waals surface area contributed by atoms with Crippen molar-refractivity contribution in [1.82, 2.24) is 0 Å². The Kier molecular flexibility index (Phi) is 3.94. The molecule has 0 aliphatic heterocycles. The van der Waals surface area contributed by atoms with E-state index in [4.69, 9.17) is 34.8 Å². The summed E-state index contributed by atoms with van der Waals surface area (Å²) in [6.07, 6.45) is 0. The van der Waals surface area contributed by atoms with E-state index in [-0.39, 0.29) is 5.91 Å². The number of carbonyl (C=O) groups excluding carboxylic acids is 1. The third-order valence-corrected chi connectivity index (χ3v) is 3.86. The van der Waals surface area contributed by atoms with Crippen LogP contribution < -0.4 is 5.32 Å². The van der Waals surface area contributed by atoms with Crippen molar-refractivity contribution in [2.24, 2.45) is 0 Å². The minimum Gasteiger partial charge on any atom is -0.319 e. The van der Waals surface area contributed by atoms with E-state index in [2.05, 4.69) is 5.32 Å². The Bertz CT molecular complexity index is 547. The molecular weight excluding hydrogens is 301 g/mol. The summed E-state index contributed by atoms with van der Waals surface area (Å²) in [5.74, 6) is -0.281. The fraction of sp³-hybridized carbons (Fsp3) is 0. The molecule has 2 aromatic rings. The number of halogens is 3. The van der Waals surface area contributed by atoms with Gasteiger partial charge in [0.05, 0.1) is 24.9 Å². The number of rotatable bonds is 2. The zero-order valence-electron chi connectivity index (χ0n) is 8.34. The van der Waals surface area contributed by atoms with Crippen LogP contribution in [0.4, 0.5) is 5.69 Å². The Labute approximate surface area is 117 Å². The van der Waals surface area contributed by atoms with Gasteiger partial charge in [0, 0.05) is 0 Å². The van der Waals surface area contributed by atoms with Crippen LogP contribution in [0, 0.1) is 0 Å². The fourth-order valence-electron chi connectivity index (χ4n) is 1.23. The predicted molar refractivity (Wildman–Crippen MR) is 73.7 cm³/mol. The summed E-state index contributed by atoms with van der Waals surface area (Å²) in [6.45, 7) is 0. The van der Waals surface area contributed by atoms with Gasteiger partial charge in [0.15, 0.2) is 0 Å². The van der Waals surface area contributed by atoms with Crippen LogP contribution in [0.15, 0.2) is 30.3 Å². The highest BCUT2D eigenvalue weighted by atomic mass is 35.5. The average molecular weight is 307 g/mol. The number of benzene rings is 1. The number of carbonyl (C=O) groups is 1. The van der Waals surface area contributed by atoms with Gasteiger partial charge >= 0.3 is 0 Å². The van der Waals surface area contributed by atoms with Crippen molar-refractivity contribution in [3.8, 4) is 0 Å². The van der Waals surface area contributed by atoms with Gasteiger partial charge in [-0.15, -0.1) is 11.3 Å². The predicted octanol–water partition coefficient (Wildman–Crippen LogP) is 4.96. The van der Waals surface area contributed by atoms with Crippen LogP contribution in [0.25, 0.3) is 0 Å². The third kappa shape index (κ3) is 2.93. The monoisotopic (exact) mass is 305 g/mol. The topological polar surface area (TPSA) is 29.1 Å². The van der Waals surface area contributed by atoms with Gasteiger partial charge in [-0.25, -0.2) is 0 Å². The SMILES string of the molecule is O=C(Nc1c(Cl)cccc1Cl)c1ccc(Cl)s1. The van der Waals surface area contributed by atoms with Crippen LogP contribution in [-0.2, 0) is 0 Å². The maximum Gasteiger partial charge on any atom is 0.265 e. The van der Waals surface area contributed by atoms with Crippen molar-refractivity contribution in [2.75, 3.05) is 5.32 Å². The first-order valence-corrected chi connectivity index (χ1v) is 6.53. The lowest BCUT2D eigenvalue weighted by Crippen LogP contribution is -2.10. The first-order valence-electron chi connectivity index (χ1n) is 4.58. The highest BCUT2D eigenvalue weighted by molar-refractivity contribution is 7.18. The molecule has 1 aromatic carbocycles. The number of thiophene rings is 1. The Morgan fingerprint density at radius 2 is 1.71 bits per heavy atom. The van der Waals surface area contributed by atoms with E-state index in [1.165, 1.54) is 11.3 Å². The highest BCUT2D eigenvalue weighted by Crippen LogP contribution is 2.31. The van der Waals surface area contributed by atoms with Gasteiger partial charge in [-0.2, -0.15) is 0 Å². The molecule has 1 heterocycles. The standard InChI is InChI=1S/C11H6Cl3NOS/c12-6-2-1-3-7(13)10(6)15-11(16)8-4-5-9(14)17-8/h1-5H,(H,15,16). The van der Waals surface area contributed by atoms with Crippen molar-refractivity contribution in [1.29, 1.82) is 0 Å². The minimum atomic E-state index is -0.281. The van der Waals surface area contributed by atoms with Crippen LogP contribution >= 0.6 is 46.1 Å². The third-order valence-electron chi connectivity index (χ3n) is 2.00. The number of para-hydroxylation sites is 1. The van der Waals surface area contributed by atoms with E-state index in [1.807, 2.05) is 0 Å². The molecule has 0 atom stereocenters. The lowest BCUT2D eigenvalue weighted by Gasteiger charge is -2.07. The van der Waals surface area contributed by atoms with Gasteiger partial charge in [-0.1, -0.05) is 40.9 Å². The zero-order chi connectivity index (χ0) is 12.4. The molecule has 1 aromatic heterocycles. The van der Waals surface area contributed by atoms with E-state index in [9.17, 15) is 4.79 Å². The van der Waals surface area contributed by atoms with Crippen molar-refractivity contribution in [3.05, 3.63) is 49.6 Å². The molecular formula is C11H6Cl3NOS. The molecule has 0 fully saturated rings. The van der Waals surface area contributed by atoms with Gasteiger partial charge in [-0.3, -0.25) is 4.79 Å². The quantitative estimate of drug-likeness (QED) is 0.834. The Morgan fingerprint density at radius 3 is 2.24 bits per heavy atom. The van der Waals surface area contributed by atoms with Crippen LogP contribution in [0.1, 0.15) is 9.67 Å². The zero-order valence-corrected chi connectivity index (χ0v) is 11.4. The average Bonchev–Trinajstić information content (AvgIpc) is 2.70. The van der Waals surface area contributed by atoms with Gasteiger partial charge < -0.3 is 5.32 Å². The second kappa shape index (κ2) is 5.27. The normalized spacial score (nSPS) is 10.3. The van der Waals surface area contributed by atoms with Crippen LogP contribution in [0.3, 0.4) is 0 Å². The molecule has 6 heteroatoms. The molecule has 1 amide bonds. The van der Waals surface area contributed by atoms with Crippen molar-refractivity contribution < 1.29 is 4.79 Å². The molecule has 2 rings (SSSR count). The van der Waals surface area contributed by atoms with Crippen LogP contribution in [-0.4, -0.2) is 5.91 Å². The number of hydrogen-bond acceptors (Lipinski definition) is 2. The summed E-state index contributed by atoms with van der Waals surface area (Å²) < 4.78 is 0.556. The fourth-order valence-corrected chi connectivity index (χ4v) is 2.66. The number of hydrogen-bond donors (Lipinski definition) is 1. The molecule has 1 N–H and O–H groups in total. The minimum absolute atomic E-state index is 0.281. The molecule has 0 saturated carbocycles. The molecule has 0 unspecified atom stereocenters. The van der Waals surface area contributed by atoms with E-state index >= 15 is 0 Å². The smallest absolute Gasteiger partial charge is 0.265 e. The number of amides is 1. The maximum absolute atomic E-state index is 11.9. The van der Waals surface area contributed by atoms with Crippen molar-refractivity contribution >= 4 is 57.7 Å². The van der Waals surface area contributed by atoms with E-state index < -0.39 is 0 Å². The molecule has 0 aliphatic rings. The van der Waals surface area contributed by atoms with Crippen molar-refractivity contribution in [3.63, 3.8) is 0 Å². The van der Waals surface area contributed by atoms with Gasteiger partial charge in [0.1, 0.15) is 0 Å². The molecule has 0 saturated heterocycles. The Hall–Kier alpha value is -0.740. The lowest BCUT2D eigenvalue weighted by atomic mass is 10.3. The molecule has 0 bridgehead atoms. The molecule has 17 heavy (non-hydrogen) atoms. The van der Waals surface area contributed by atoms with Gasteiger partial charge in [0.2, 0.25) is 0 Å². The maximum atomic E-state index is 11.9. The summed E-state index contributed by atoms with van der Waals surface area (Å²) in [5.41, 5.74) is 0.408. The molecule has 88 valence electrons. The summed E-state index contributed by atoms with van der Waals surface area (Å²) in [6, 6.07) is 8.33. The van der Waals surface area contributed by atoms with Crippen molar-refractivity contribution in [2.45, 2.75) is 0 Å². The Balaban J connectivity index is 2.24. The number of nitrogens with one attached hydrogen (secondary N) is 1. The van der Waals surface area contributed by atoms with E-state index in [0.29, 0.717) is 24.9 Å². The highest BCUT2D eigenvalue weighted by Gasteiger charge is 2.12. The second-order valence-electron chi connectivity index (χ2n) is 3.15. The van der Waals surface area contributed by atoms with E-state index in [0.717, 1.165) is 0 Å². The number of anilines is 1. The summed E-state index contributed by atoms with van der Waals surface area (Å²) in [4.78, 5) is 12.4. The first-order chi connectivity index (χ1) is 8.08. The molecule has 0 radical (unpaired) electrons. The first kappa shape index (κ1) is 12.7. The largest absolute Gasteiger partial charge is 0.319 e. The summed E-state index contributed by atoms with van der Waals surface area (Å²) in [7, 11) is 0. The second-order valence-corrected chi connectivity index (χ2v) is 5.68. The summed E-state index contributed by atoms with van der Waals surface area (Å²) >= 11 is 18.8. The summed E-state index contributed by atoms with van der Waals surface area (Å²) in [5, 5.41) is 3.45. The van der Waals surface area contributed by atoms with Crippen LogP contribution in [0.2, 0.25) is 14.4 Å². The molecule has 0 aliphatic carbocycles. The molecule has 0 spiro atoms. The molecule has 2 nitrogen and oxygen atoms in total.